The van der Waals surface area contributed by atoms with Crippen molar-refractivity contribution >= 4 is 27.5 Å². The number of aromatic nitrogens is 1. The maximum Gasteiger partial charge on any atom is 0.262 e. The number of nitrogens with one attached hydrogen (secondary N) is 1. The molecule has 2 aromatic rings. The van der Waals surface area contributed by atoms with Crippen molar-refractivity contribution in [3.05, 3.63) is 56.7 Å². The Balaban J connectivity index is 2.05. The Kier molecular flexibility index (Phi) is 6.97. The molecule has 1 amide bonds. The lowest BCUT2D eigenvalue weighted by molar-refractivity contribution is -0.118. The van der Waals surface area contributed by atoms with Crippen LogP contribution < -0.4 is 15.5 Å². The maximum absolute atomic E-state index is 13.8. The van der Waals surface area contributed by atoms with Gasteiger partial charge in [-0.1, -0.05) is 29.8 Å². The minimum atomic E-state index is -0.556. The van der Waals surface area contributed by atoms with Crippen LogP contribution in [0.1, 0.15) is 26.0 Å². The second-order valence-corrected chi connectivity index (χ2v) is 7.35. The molecule has 26 heavy (non-hydrogen) atoms. The van der Waals surface area contributed by atoms with Gasteiger partial charge < -0.3 is 14.6 Å². The van der Waals surface area contributed by atoms with Crippen LogP contribution in [0.4, 0.5) is 10.1 Å². The van der Waals surface area contributed by atoms with Gasteiger partial charge in [0.15, 0.2) is 12.4 Å². The summed E-state index contributed by atoms with van der Waals surface area (Å²) < 4.78 is 21.7. The van der Waals surface area contributed by atoms with Crippen molar-refractivity contribution in [3.63, 3.8) is 0 Å². The van der Waals surface area contributed by atoms with Crippen molar-refractivity contribution in [2.45, 2.75) is 33.7 Å². The van der Waals surface area contributed by atoms with Crippen LogP contribution in [0.25, 0.3) is 0 Å². The largest absolute Gasteiger partial charge is 0.478 e. The van der Waals surface area contributed by atoms with Crippen molar-refractivity contribution in [1.29, 1.82) is 0 Å². The van der Waals surface area contributed by atoms with Crippen LogP contribution in [0.2, 0.25) is 0 Å². The molecular formula is C19H22BrFN2O3. The minimum absolute atomic E-state index is 0.0564. The van der Waals surface area contributed by atoms with Crippen LogP contribution in [0.3, 0.4) is 0 Å². The fourth-order valence-corrected chi connectivity index (χ4v) is 2.72. The summed E-state index contributed by atoms with van der Waals surface area (Å²) in [7, 11) is 0. The highest BCUT2D eigenvalue weighted by Gasteiger charge is 2.13. The number of hydrogen-bond donors (Lipinski definition) is 1. The van der Waals surface area contributed by atoms with E-state index in [9.17, 15) is 14.0 Å². The molecule has 0 radical (unpaired) electrons. The number of hydrogen-bond acceptors (Lipinski definition) is 3. The molecule has 7 heteroatoms. The number of pyridine rings is 1. The van der Waals surface area contributed by atoms with E-state index in [0.29, 0.717) is 16.1 Å². The molecule has 0 aliphatic carbocycles. The normalized spacial score (nSPS) is 10.8. The van der Waals surface area contributed by atoms with E-state index >= 15 is 0 Å². The number of nitrogens with zero attached hydrogens (tertiary/aromatic N) is 1. The van der Waals surface area contributed by atoms with Crippen molar-refractivity contribution in [2.24, 2.45) is 5.92 Å². The topological polar surface area (TPSA) is 60.3 Å². The third-order valence-corrected chi connectivity index (χ3v) is 4.38. The molecule has 1 aromatic heterocycles. The first-order valence-corrected chi connectivity index (χ1v) is 9.15. The van der Waals surface area contributed by atoms with E-state index in [1.54, 1.807) is 19.2 Å². The number of aryl methyl sites for hydroxylation is 1. The van der Waals surface area contributed by atoms with Gasteiger partial charge in [0.05, 0.1) is 11.4 Å². The second kappa shape index (κ2) is 8.98. The number of amides is 1. The van der Waals surface area contributed by atoms with Gasteiger partial charge in [0.2, 0.25) is 5.43 Å². The molecule has 0 fully saturated rings. The first kappa shape index (κ1) is 20.2. The zero-order valence-corrected chi connectivity index (χ0v) is 16.6. The number of rotatable bonds is 7. The van der Waals surface area contributed by atoms with Crippen LogP contribution in [0.15, 0.2) is 39.7 Å². The predicted octanol–water partition coefficient (Wildman–Crippen LogP) is 4.12. The number of carbonyl (C=O) groups is 1. The average Bonchev–Trinajstić information content (AvgIpc) is 2.56. The van der Waals surface area contributed by atoms with Crippen LogP contribution in [0, 0.1) is 18.7 Å². The molecule has 0 aliphatic rings. The Hall–Kier alpha value is -2.15. The highest BCUT2D eigenvalue weighted by molar-refractivity contribution is 9.10. The summed E-state index contributed by atoms with van der Waals surface area (Å²) in [6.45, 7) is 6.42. The van der Waals surface area contributed by atoms with Gasteiger partial charge in [0.1, 0.15) is 5.82 Å². The number of anilines is 1. The Bertz CT molecular complexity index is 849. The van der Waals surface area contributed by atoms with Crippen molar-refractivity contribution in [3.8, 4) is 5.75 Å². The lowest BCUT2D eigenvalue weighted by Crippen LogP contribution is -2.24. The molecule has 0 atom stereocenters. The molecule has 0 saturated carbocycles. The molecule has 2 rings (SSSR count). The van der Waals surface area contributed by atoms with Gasteiger partial charge in [-0.15, -0.1) is 0 Å². The van der Waals surface area contributed by atoms with Crippen LogP contribution in [0.5, 0.6) is 5.75 Å². The number of benzene rings is 1. The van der Waals surface area contributed by atoms with Crippen molar-refractivity contribution < 1.29 is 13.9 Å². The Morgan fingerprint density at radius 3 is 2.73 bits per heavy atom. The lowest BCUT2D eigenvalue weighted by atomic mass is 10.1. The smallest absolute Gasteiger partial charge is 0.262 e. The summed E-state index contributed by atoms with van der Waals surface area (Å²) in [6, 6.07) is 5.75. The minimum Gasteiger partial charge on any atom is -0.478 e. The van der Waals surface area contributed by atoms with Gasteiger partial charge in [-0.05, 0) is 37.5 Å². The van der Waals surface area contributed by atoms with E-state index in [1.165, 1.54) is 18.2 Å². The Morgan fingerprint density at radius 2 is 2.08 bits per heavy atom. The summed E-state index contributed by atoms with van der Waals surface area (Å²) in [5.74, 6) is -0.422. The summed E-state index contributed by atoms with van der Waals surface area (Å²) in [5, 5.41) is 2.43. The SMILES string of the molecule is Cc1c(OCC(=O)Nc2ccc(Br)cc2F)c(=O)ccn1CCC(C)C. The molecular weight excluding hydrogens is 403 g/mol. The quantitative estimate of drug-likeness (QED) is 0.726. The Morgan fingerprint density at radius 1 is 1.35 bits per heavy atom. The molecule has 0 unspecified atom stereocenters. The molecule has 1 aromatic carbocycles. The number of carbonyl (C=O) groups excluding carboxylic acids is 1. The maximum atomic E-state index is 13.8. The van der Waals surface area contributed by atoms with Crippen molar-refractivity contribution in [1.82, 2.24) is 4.57 Å². The molecule has 0 aliphatic heterocycles. The third kappa shape index (κ3) is 5.42. The van der Waals surface area contributed by atoms with Crippen LogP contribution in [-0.2, 0) is 11.3 Å². The van der Waals surface area contributed by atoms with Gasteiger partial charge in [0.25, 0.3) is 5.91 Å². The van der Waals surface area contributed by atoms with Gasteiger partial charge in [-0.25, -0.2) is 4.39 Å². The molecule has 140 valence electrons. The fourth-order valence-electron chi connectivity index (χ4n) is 2.38. The van der Waals surface area contributed by atoms with E-state index in [1.807, 2.05) is 4.57 Å². The third-order valence-electron chi connectivity index (χ3n) is 3.89. The van der Waals surface area contributed by atoms with Gasteiger partial charge in [0, 0.05) is 23.3 Å². The summed E-state index contributed by atoms with van der Waals surface area (Å²) in [5.41, 5.74) is 0.438. The Labute approximate surface area is 160 Å². The van der Waals surface area contributed by atoms with E-state index in [0.717, 1.165) is 13.0 Å². The molecule has 0 saturated heterocycles. The first-order valence-electron chi connectivity index (χ1n) is 8.35. The molecule has 0 spiro atoms. The van der Waals surface area contributed by atoms with E-state index in [4.69, 9.17) is 4.74 Å². The van der Waals surface area contributed by atoms with Gasteiger partial charge >= 0.3 is 0 Å². The highest BCUT2D eigenvalue weighted by atomic mass is 79.9. The zero-order chi connectivity index (χ0) is 19.3. The second-order valence-electron chi connectivity index (χ2n) is 6.43. The monoisotopic (exact) mass is 424 g/mol. The summed E-state index contributed by atoms with van der Waals surface area (Å²) in [6.07, 6.45) is 2.69. The fraction of sp³-hybridized carbons (Fsp3) is 0.368. The van der Waals surface area contributed by atoms with Gasteiger partial charge in [-0.2, -0.15) is 0 Å². The van der Waals surface area contributed by atoms with Crippen molar-refractivity contribution in [2.75, 3.05) is 11.9 Å². The van der Waals surface area contributed by atoms with E-state index in [-0.39, 0.29) is 23.5 Å². The van der Waals surface area contributed by atoms with Gasteiger partial charge in [-0.3, -0.25) is 9.59 Å². The number of halogens is 2. The molecule has 1 heterocycles. The zero-order valence-electron chi connectivity index (χ0n) is 15.0. The molecule has 1 N–H and O–H groups in total. The first-order chi connectivity index (χ1) is 12.3. The molecule has 0 bridgehead atoms. The summed E-state index contributed by atoms with van der Waals surface area (Å²) >= 11 is 3.15. The lowest BCUT2D eigenvalue weighted by Gasteiger charge is -2.15. The van der Waals surface area contributed by atoms with E-state index in [2.05, 4.69) is 35.1 Å². The standard InChI is InChI=1S/C19H22BrFN2O3/c1-12(2)6-8-23-9-7-17(24)19(13(23)3)26-11-18(25)22-16-5-4-14(20)10-15(16)21/h4-5,7,9-10,12H,6,8,11H2,1-3H3,(H,22,25). The summed E-state index contributed by atoms with van der Waals surface area (Å²) in [4.78, 5) is 24.1. The van der Waals surface area contributed by atoms with Crippen LogP contribution in [-0.4, -0.2) is 17.1 Å². The highest BCUT2D eigenvalue weighted by Crippen LogP contribution is 2.19. The van der Waals surface area contributed by atoms with Crippen LogP contribution >= 0.6 is 15.9 Å². The number of ether oxygens (including phenoxy) is 1. The molecule has 5 nitrogen and oxygen atoms in total. The predicted molar refractivity (Wildman–Crippen MR) is 103 cm³/mol. The van der Waals surface area contributed by atoms with E-state index < -0.39 is 11.7 Å². The average molecular weight is 425 g/mol.